The van der Waals surface area contributed by atoms with Gasteiger partial charge >= 0.3 is 0 Å². The molecule has 2 aromatic carbocycles. The van der Waals surface area contributed by atoms with Crippen LogP contribution < -0.4 is 15.0 Å². The lowest BCUT2D eigenvalue weighted by Crippen LogP contribution is -2.21. The summed E-state index contributed by atoms with van der Waals surface area (Å²) in [4.78, 5) is 13.2. The third-order valence-corrected chi connectivity index (χ3v) is 5.87. The van der Waals surface area contributed by atoms with Crippen LogP contribution in [0.2, 0.25) is 5.02 Å². The molecule has 7 heteroatoms. The number of methoxy groups -OCH3 is 1. The Hall–Kier alpha value is -3.25. The number of aromatic nitrogens is 3. The van der Waals surface area contributed by atoms with E-state index in [1.807, 2.05) is 48.7 Å². The molecule has 2 heterocycles. The minimum absolute atomic E-state index is 0.167. The smallest absolute Gasteiger partial charge is 0.282 e. The Labute approximate surface area is 184 Å². The molecule has 0 radical (unpaired) electrons. The highest BCUT2D eigenvalue weighted by molar-refractivity contribution is 6.30. The monoisotopic (exact) mass is 435 g/mol. The molecule has 31 heavy (non-hydrogen) atoms. The topological polar surface area (TPSA) is 57.8 Å². The maximum Gasteiger partial charge on any atom is 0.282 e. The summed E-state index contributed by atoms with van der Waals surface area (Å²) in [6.07, 6.45) is 7.02. The van der Waals surface area contributed by atoms with E-state index in [1.165, 1.54) is 23.7 Å². The van der Waals surface area contributed by atoms with Crippen molar-refractivity contribution < 1.29 is 9.47 Å². The summed E-state index contributed by atoms with van der Waals surface area (Å²) in [6, 6.07) is 14.8. The number of rotatable bonds is 7. The largest absolute Gasteiger partial charge is 0.493 e. The molecule has 0 saturated heterocycles. The van der Waals surface area contributed by atoms with Gasteiger partial charge in [0.2, 0.25) is 0 Å². The van der Waals surface area contributed by atoms with Gasteiger partial charge in [-0.25, -0.2) is 4.52 Å². The number of ether oxygens (including phenoxy) is 2. The molecule has 1 aliphatic carbocycles. The molecular weight excluding hydrogens is 414 g/mol. The van der Waals surface area contributed by atoms with Crippen LogP contribution in [0.3, 0.4) is 0 Å². The van der Waals surface area contributed by atoms with Gasteiger partial charge in [-0.2, -0.15) is 5.10 Å². The Kier molecular flexibility index (Phi) is 5.16. The van der Waals surface area contributed by atoms with E-state index in [4.69, 9.17) is 21.1 Å². The summed E-state index contributed by atoms with van der Waals surface area (Å²) in [5, 5.41) is 5.09. The number of benzene rings is 2. The Morgan fingerprint density at radius 1 is 1.06 bits per heavy atom. The lowest BCUT2D eigenvalue weighted by Gasteiger charge is -2.13. The van der Waals surface area contributed by atoms with Gasteiger partial charge in [0.05, 0.1) is 19.4 Å². The summed E-state index contributed by atoms with van der Waals surface area (Å²) in [5.41, 5.74) is 2.85. The van der Waals surface area contributed by atoms with Gasteiger partial charge in [-0.1, -0.05) is 36.6 Å². The number of fused-ring (bicyclic) bond motifs is 1. The van der Waals surface area contributed by atoms with Gasteiger partial charge in [-0.3, -0.25) is 9.36 Å². The first-order valence-corrected chi connectivity index (χ1v) is 10.7. The van der Waals surface area contributed by atoms with E-state index >= 15 is 0 Å². The molecule has 6 nitrogen and oxygen atoms in total. The van der Waals surface area contributed by atoms with E-state index in [9.17, 15) is 4.79 Å². The first-order valence-electron chi connectivity index (χ1n) is 10.3. The van der Waals surface area contributed by atoms with E-state index < -0.39 is 0 Å². The fraction of sp³-hybridized carbons (Fsp3) is 0.250. The number of hydrogen-bond donors (Lipinski definition) is 0. The van der Waals surface area contributed by atoms with Crippen molar-refractivity contribution in [3.63, 3.8) is 0 Å². The van der Waals surface area contributed by atoms with E-state index in [0.717, 1.165) is 23.5 Å². The average Bonchev–Trinajstić information content (AvgIpc) is 3.50. The van der Waals surface area contributed by atoms with E-state index in [0.29, 0.717) is 34.3 Å². The third-order valence-electron chi connectivity index (χ3n) is 5.61. The number of hydrogen-bond acceptors (Lipinski definition) is 4. The fourth-order valence-corrected chi connectivity index (χ4v) is 3.77. The molecule has 0 spiro atoms. The van der Waals surface area contributed by atoms with Gasteiger partial charge in [-0.05, 0) is 48.2 Å². The molecule has 0 amide bonds. The van der Waals surface area contributed by atoms with Crippen molar-refractivity contribution in [1.82, 2.24) is 14.2 Å². The maximum atomic E-state index is 13.2. The molecule has 158 valence electrons. The molecule has 0 aliphatic heterocycles. The molecule has 0 bridgehead atoms. The van der Waals surface area contributed by atoms with E-state index in [1.54, 1.807) is 17.7 Å². The van der Waals surface area contributed by atoms with Crippen molar-refractivity contribution in [2.75, 3.05) is 13.7 Å². The SMILES string of the molecule is COc1cc(-n2cnn3cc(-c4ccc(Cl)cc4)cc3c2=O)ccc1OCCC1CC1. The predicted molar refractivity (Wildman–Crippen MR) is 121 cm³/mol. The summed E-state index contributed by atoms with van der Waals surface area (Å²) in [7, 11) is 1.60. The zero-order chi connectivity index (χ0) is 21.4. The van der Waals surface area contributed by atoms with Crippen LogP contribution in [-0.2, 0) is 0 Å². The second-order valence-corrected chi connectivity index (χ2v) is 8.22. The molecule has 4 aromatic rings. The first kappa shape index (κ1) is 19.7. The van der Waals surface area contributed by atoms with Crippen molar-refractivity contribution in [3.8, 4) is 28.3 Å². The van der Waals surface area contributed by atoms with Crippen LogP contribution in [0, 0.1) is 5.92 Å². The van der Waals surface area contributed by atoms with Crippen LogP contribution in [0.4, 0.5) is 0 Å². The minimum atomic E-state index is -0.167. The predicted octanol–water partition coefficient (Wildman–Crippen LogP) is 4.99. The van der Waals surface area contributed by atoms with Crippen molar-refractivity contribution in [2.24, 2.45) is 5.92 Å². The molecular formula is C24H22ClN3O3. The highest BCUT2D eigenvalue weighted by Gasteiger charge is 2.21. The van der Waals surface area contributed by atoms with Gasteiger partial charge < -0.3 is 9.47 Å². The normalized spacial score (nSPS) is 13.5. The van der Waals surface area contributed by atoms with E-state index in [2.05, 4.69) is 5.10 Å². The Morgan fingerprint density at radius 2 is 1.87 bits per heavy atom. The molecule has 1 saturated carbocycles. The van der Waals surface area contributed by atoms with Gasteiger partial charge in [0.25, 0.3) is 5.56 Å². The van der Waals surface area contributed by atoms with Gasteiger partial charge in [0.15, 0.2) is 11.5 Å². The summed E-state index contributed by atoms with van der Waals surface area (Å²) in [6.45, 7) is 0.672. The summed E-state index contributed by atoms with van der Waals surface area (Å²) < 4.78 is 14.5. The average molecular weight is 436 g/mol. The highest BCUT2D eigenvalue weighted by atomic mass is 35.5. The van der Waals surface area contributed by atoms with Crippen LogP contribution >= 0.6 is 11.6 Å². The number of halogens is 1. The second-order valence-electron chi connectivity index (χ2n) is 7.79. The van der Waals surface area contributed by atoms with Crippen molar-refractivity contribution in [1.29, 1.82) is 0 Å². The van der Waals surface area contributed by atoms with Crippen LogP contribution in [0.15, 0.2) is 65.8 Å². The van der Waals surface area contributed by atoms with Crippen LogP contribution in [0.25, 0.3) is 22.3 Å². The molecule has 1 aliphatic rings. The molecule has 5 rings (SSSR count). The summed E-state index contributed by atoms with van der Waals surface area (Å²) >= 11 is 5.98. The molecule has 0 unspecified atom stereocenters. The Balaban J connectivity index is 1.47. The van der Waals surface area contributed by atoms with Crippen molar-refractivity contribution in [2.45, 2.75) is 19.3 Å². The molecule has 1 fully saturated rings. The Morgan fingerprint density at radius 3 is 2.61 bits per heavy atom. The van der Waals surface area contributed by atoms with Crippen molar-refractivity contribution >= 4 is 17.1 Å². The lowest BCUT2D eigenvalue weighted by atomic mass is 10.1. The van der Waals surface area contributed by atoms with Gasteiger partial charge in [0, 0.05) is 22.8 Å². The van der Waals surface area contributed by atoms with Crippen LogP contribution in [0.5, 0.6) is 11.5 Å². The highest BCUT2D eigenvalue weighted by Crippen LogP contribution is 2.34. The lowest BCUT2D eigenvalue weighted by molar-refractivity contribution is 0.283. The maximum absolute atomic E-state index is 13.2. The Bertz CT molecular complexity index is 1290. The minimum Gasteiger partial charge on any atom is -0.493 e. The zero-order valence-electron chi connectivity index (χ0n) is 17.1. The van der Waals surface area contributed by atoms with Gasteiger partial charge in [0.1, 0.15) is 11.8 Å². The van der Waals surface area contributed by atoms with Crippen LogP contribution in [-0.4, -0.2) is 27.9 Å². The molecule has 0 atom stereocenters. The first-order chi connectivity index (χ1) is 15.1. The summed E-state index contributed by atoms with van der Waals surface area (Å²) in [5.74, 6) is 2.08. The molecule has 0 N–H and O–H groups in total. The third kappa shape index (κ3) is 4.03. The van der Waals surface area contributed by atoms with Gasteiger partial charge in [-0.15, -0.1) is 0 Å². The van der Waals surface area contributed by atoms with Crippen molar-refractivity contribution in [3.05, 3.63) is 76.4 Å². The standard InChI is InChI=1S/C24H22ClN3O3/c1-30-23-13-20(8-9-22(23)31-11-10-16-2-3-16)27-15-26-28-14-18(12-21(28)24(27)29)17-4-6-19(25)7-5-17/h4-9,12-16H,2-3,10-11H2,1H3. The second kappa shape index (κ2) is 8.12. The number of nitrogens with zero attached hydrogens (tertiary/aromatic N) is 3. The zero-order valence-corrected chi connectivity index (χ0v) is 17.9. The fourth-order valence-electron chi connectivity index (χ4n) is 3.64. The van der Waals surface area contributed by atoms with Crippen LogP contribution in [0.1, 0.15) is 19.3 Å². The van der Waals surface area contributed by atoms with E-state index in [-0.39, 0.29) is 5.56 Å². The molecule has 2 aromatic heterocycles. The quantitative estimate of drug-likeness (QED) is 0.410.